The van der Waals surface area contributed by atoms with Crippen molar-refractivity contribution in [2.24, 2.45) is 0 Å². The summed E-state index contributed by atoms with van der Waals surface area (Å²) in [5, 5.41) is 4.06. The van der Waals surface area contributed by atoms with Gasteiger partial charge in [0, 0.05) is 24.5 Å². The first-order valence-corrected chi connectivity index (χ1v) is 9.37. The molecule has 7 nitrogen and oxygen atoms in total. The minimum atomic E-state index is -0.500. The van der Waals surface area contributed by atoms with E-state index >= 15 is 0 Å². The van der Waals surface area contributed by atoms with E-state index in [1.54, 1.807) is 24.0 Å². The van der Waals surface area contributed by atoms with E-state index in [0.29, 0.717) is 47.0 Å². The summed E-state index contributed by atoms with van der Waals surface area (Å²) >= 11 is 0. The van der Waals surface area contributed by atoms with Gasteiger partial charge in [-0.15, -0.1) is 0 Å². The second-order valence-corrected chi connectivity index (χ2v) is 7.91. The van der Waals surface area contributed by atoms with Gasteiger partial charge in [-0.3, -0.25) is 4.79 Å². The number of pyridine rings is 1. The van der Waals surface area contributed by atoms with Crippen LogP contribution in [0, 0.1) is 12.9 Å². The first-order chi connectivity index (χ1) is 13.4. The highest BCUT2D eigenvalue weighted by atomic mass is 19.1. The number of hydrogen-bond acceptors (Lipinski definition) is 6. The normalized spacial score (nSPS) is 18.2. The third-order valence-corrected chi connectivity index (χ3v) is 5.62. The number of carbonyl (C=O) groups excluding carboxylic acids is 1. The molecule has 1 aliphatic carbocycles. The summed E-state index contributed by atoms with van der Waals surface area (Å²) in [5.41, 5.74) is 1.59. The number of furan rings is 1. The molecule has 1 amide bonds. The van der Waals surface area contributed by atoms with E-state index in [1.165, 1.54) is 12.4 Å². The zero-order valence-electron chi connectivity index (χ0n) is 15.7. The smallest absolute Gasteiger partial charge is 0.258 e. The van der Waals surface area contributed by atoms with Crippen LogP contribution in [0.3, 0.4) is 0 Å². The van der Waals surface area contributed by atoms with E-state index in [4.69, 9.17) is 4.42 Å². The lowest BCUT2D eigenvalue weighted by atomic mass is 9.94. The maximum atomic E-state index is 13.4. The fourth-order valence-corrected chi connectivity index (χ4v) is 3.64. The Morgan fingerprint density at radius 1 is 1.32 bits per heavy atom. The summed E-state index contributed by atoms with van der Waals surface area (Å²) in [6.07, 6.45) is 3.57. The van der Waals surface area contributed by atoms with Crippen LogP contribution in [0.5, 0.6) is 0 Å². The maximum absolute atomic E-state index is 13.4. The molecule has 0 unspecified atom stereocenters. The Morgan fingerprint density at radius 3 is 2.82 bits per heavy atom. The lowest BCUT2D eigenvalue weighted by molar-refractivity contribution is 0.0598. The first-order valence-electron chi connectivity index (χ1n) is 9.37. The third-order valence-electron chi connectivity index (χ3n) is 5.62. The van der Waals surface area contributed by atoms with E-state index in [0.717, 1.165) is 12.8 Å². The van der Waals surface area contributed by atoms with Crippen molar-refractivity contribution < 1.29 is 13.6 Å². The molecule has 1 saturated heterocycles. The largest absolute Gasteiger partial charge is 0.442 e. The fourth-order valence-electron chi connectivity index (χ4n) is 3.64. The van der Waals surface area contributed by atoms with Gasteiger partial charge in [0.15, 0.2) is 0 Å². The van der Waals surface area contributed by atoms with Gasteiger partial charge in [-0.2, -0.15) is 4.39 Å². The molecule has 0 radical (unpaired) electrons. The Kier molecular flexibility index (Phi) is 3.65. The Balaban J connectivity index is 1.43. The lowest BCUT2D eigenvalue weighted by Crippen LogP contribution is -2.48. The molecule has 0 atom stereocenters. The maximum Gasteiger partial charge on any atom is 0.258 e. The molecular weight excluding hydrogens is 361 g/mol. The average Bonchev–Trinajstić information content (AvgIpc) is 3.22. The molecule has 8 heteroatoms. The van der Waals surface area contributed by atoms with Crippen molar-refractivity contribution in [2.75, 3.05) is 18.4 Å². The minimum absolute atomic E-state index is 0.0116. The number of carbonyl (C=O) groups is 1. The van der Waals surface area contributed by atoms with Gasteiger partial charge in [0.05, 0.1) is 16.6 Å². The van der Waals surface area contributed by atoms with Crippen LogP contribution in [0.2, 0.25) is 0 Å². The van der Waals surface area contributed by atoms with Crippen molar-refractivity contribution in [3.05, 3.63) is 47.5 Å². The summed E-state index contributed by atoms with van der Waals surface area (Å²) in [6.45, 7) is 4.88. The summed E-state index contributed by atoms with van der Waals surface area (Å²) in [7, 11) is 0. The Labute approximate surface area is 161 Å². The topological polar surface area (TPSA) is 84.2 Å². The molecule has 5 rings (SSSR count). The monoisotopic (exact) mass is 381 g/mol. The Hall–Kier alpha value is -3.03. The van der Waals surface area contributed by atoms with Crippen molar-refractivity contribution in [3.8, 4) is 0 Å². The lowest BCUT2D eigenvalue weighted by Gasteiger charge is -2.38. The number of aromatic nitrogens is 3. The third kappa shape index (κ3) is 2.80. The van der Waals surface area contributed by atoms with Crippen molar-refractivity contribution in [1.29, 1.82) is 0 Å². The zero-order chi connectivity index (χ0) is 19.5. The van der Waals surface area contributed by atoms with E-state index in [9.17, 15) is 9.18 Å². The van der Waals surface area contributed by atoms with Gasteiger partial charge < -0.3 is 14.6 Å². The van der Waals surface area contributed by atoms with Crippen LogP contribution in [0.4, 0.5) is 10.2 Å². The number of nitrogens with zero attached hydrogens (tertiary/aromatic N) is 4. The number of halogens is 1. The molecule has 144 valence electrons. The number of rotatable bonds is 4. The molecule has 28 heavy (non-hydrogen) atoms. The van der Waals surface area contributed by atoms with Crippen LogP contribution in [0.25, 0.3) is 11.1 Å². The number of likely N-dealkylation sites (tertiary alicyclic amines) is 1. The summed E-state index contributed by atoms with van der Waals surface area (Å²) in [6, 6.07) is 4.75. The molecule has 4 heterocycles. The minimum Gasteiger partial charge on any atom is -0.442 e. The molecular formula is C20H20FN5O2. The van der Waals surface area contributed by atoms with Crippen molar-refractivity contribution >= 4 is 22.8 Å². The number of aryl methyl sites for hydroxylation is 1. The number of anilines is 1. The van der Waals surface area contributed by atoms with Gasteiger partial charge in [-0.1, -0.05) is 6.07 Å². The van der Waals surface area contributed by atoms with E-state index in [1.807, 2.05) is 0 Å². The molecule has 1 saturated carbocycles. The Bertz CT molecular complexity index is 1090. The number of hydrogen-bond donors (Lipinski definition) is 1. The molecule has 2 aliphatic rings. The second kappa shape index (κ2) is 5.98. The van der Waals surface area contributed by atoms with Gasteiger partial charge in [0.2, 0.25) is 11.7 Å². The average molecular weight is 381 g/mol. The van der Waals surface area contributed by atoms with Crippen LogP contribution in [-0.4, -0.2) is 44.4 Å². The highest BCUT2D eigenvalue weighted by Gasteiger charge is 2.40. The van der Waals surface area contributed by atoms with Gasteiger partial charge in [0.25, 0.3) is 5.91 Å². The van der Waals surface area contributed by atoms with E-state index in [-0.39, 0.29) is 17.4 Å². The standard InChI is InChI=1S/C20H20FN5O2/c1-11-15(16-17(25-20(2)6-7-20)22-10-23-18(16)28-11)19(27)26-8-12(9-26)13-4-3-5-14(21)24-13/h3-5,10,12H,6-9H2,1-2H3,(H,22,23,25). The van der Waals surface area contributed by atoms with Gasteiger partial charge in [-0.25, -0.2) is 15.0 Å². The molecule has 1 aliphatic heterocycles. The van der Waals surface area contributed by atoms with Crippen molar-refractivity contribution in [1.82, 2.24) is 19.9 Å². The van der Waals surface area contributed by atoms with Crippen LogP contribution in [-0.2, 0) is 0 Å². The molecule has 0 spiro atoms. The number of nitrogens with one attached hydrogen (secondary N) is 1. The molecule has 0 bridgehead atoms. The molecule has 2 fully saturated rings. The molecule has 1 N–H and O–H groups in total. The summed E-state index contributed by atoms with van der Waals surface area (Å²) < 4.78 is 19.1. The SMILES string of the molecule is Cc1oc2ncnc(NC3(C)CC3)c2c1C(=O)N1CC(c2cccc(F)n2)C1. The number of fused-ring (bicyclic) bond motifs is 1. The zero-order valence-corrected chi connectivity index (χ0v) is 15.7. The fraction of sp³-hybridized carbons (Fsp3) is 0.400. The van der Waals surface area contributed by atoms with Gasteiger partial charge >= 0.3 is 0 Å². The van der Waals surface area contributed by atoms with Gasteiger partial charge in [-0.05, 0) is 38.8 Å². The van der Waals surface area contributed by atoms with Crippen LogP contribution in [0.15, 0.2) is 28.9 Å². The van der Waals surface area contributed by atoms with E-state index < -0.39 is 5.95 Å². The van der Waals surface area contributed by atoms with Crippen molar-refractivity contribution in [3.63, 3.8) is 0 Å². The first kappa shape index (κ1) is 17.1. The molecule has 3 aromatic rings. The molecule has 3 aromatic heterocycles. The van der Waals surface area contributed by atoms with Crippen molar-refractivity contribution in [2.45, 2.75) is 38.1 Å². The number of amides is 1. The quantitative estimate of drug-likeness (QED) is 0.699. The highest BCUT2D eigenvalue weighted by Crippen LogP contribution is 2.40. The highest BCUT2D eigenvalue weighted by molar-refractivity contribution is 6.10. The summed E-state index contributed by atoms with van der Waals surface area (Å²) in [5.74, 6) is 0.575. The summed E-state index contributed by atoms with van der Waals surface area (Å²) in [4.78, 5) is 27.4. The molecule has 0 aromatic carbocycles. The van der Waals surface area contributed by atoms with Crippen LogP contribution in [0.1, 0.15) is 47.5 Å². The second-order valence-electron chi connectivity index (χ2n) is 7.91. The van der Waals surface area contributed by atoms with Crippen LogP contribution < -0.4 is 5.32 Å². The van der Waals surface area contributed by atoms with Crippen LogP contribution >= 0.6 is 0 Å². The van der Waals surface area contributed by atoms with Gasteiger partial charge in [0.1, 0.15) is 17.9 Å². The predicted octanol–water partition coefficient (Wildman–Crippen LogP) is 3.27. The Morgan fingerprint density at radius 2 is 2.11 bits per heavy atom. The predicted molar refractivity (Wildman–Crippen MR) is 101 cm³/mol. The van der Waals surface area contributed by atoms with E-state index in [2.05, 4.69) is 27.2 Å².